The van der Waals surface area contributed by atoms with E-state index >= 15 is 0 Å². The zero-order valence-electron chi connectivity index (χ0n) is 23.2. The van der Waals surface area contributed by atoms with Crippen molar-refractivity contribution in [3.8, 4) is 0 Å². The van der Waals surface area contributed by atoms with Gasteiger partial charge < -0.3 is 43.4 Å². The molecule has 2 aliphatic carbocycles. The Kier molecular flexibility index (Phi) is 5.80. The Balaban J connectivity index is 1.25. The highest BCUT2D eigenvalue weighted by Crippen LogP contribution is 2.75. The van der Waals surface area contributed by atoms with Gasteiger partial charge in [-0.05, 0) is 33.6 Å². The standard InChI is InChI=1S/C29H38O11/c1-15(30)16-7-5-6-8-20(32)37-18-11-19-29(14-36-29)27(18,4)28(10-9-25(2)21(39-25)22(28)38-19)13-35-24(33)23-26(3,40-23)17(31)12-34-16/h5-8,15-19,21-23,30-31H,9-14H2,1-4H3/b7-5+,8-6-/t15-,16+,17+,18+,19+,21-,22+,23+,25+,26+,27+,28+,29-/m0/s1. The largest absolute Gasteiger partial charge is 0.463 e. The molecule has 4 saturated heterocycles. The van der Waals surface area contributed by atoms with Crippen LogP contribution in [-0.4, -0.2) is 108 Å². The molecular weight excluding hydrogens is 524 g/mol. The normalized spacial score (nSPS) is 57.2. The predicted octanol–water partition coefficient (Wildman–Crippen LogP) is 0.736. The van der Waals surface area contributed by atoms with Crippen LogP contribution in [0.5, 0.6) is 0 Å². The first kappa shape index (κ1) is 27.0. The molecule has 2 saturated carbocycles. The number of fused-ring (bicyclic) bond motifs is 3. The minimum Gasteiger partial charge on any atom is -0.463 e. The number of allylic oxidation sites excluding steroid dienone is 2. The van der Waals surface area contributed by atoms with Crippen LogP contribution in [0.2, 0.25) is 0 Å². The molecule has 0 aromatic rings. The lowest BCUT2D eigenvalue weighted by molar-refractivity contribution is -0.251. The van der Waals surface area contributed by atoms with Gasteiger partial charge in [0.1, 0.15) is 42.2 Å². The van der Waals surface area contributed by atoms with Gasteiger partial charge in [0, 0.05) is 17.9 Å². The van der Waals surface area contributed by atoms with E-state index in [2.05, 4.69) is 13.8 Å². The quantitative estimate of drug-likeness (QED) is 0.344. The molecular formula is C29H38O11. The summed E-state index contributed by atoms with van der Waals surface area (Å²) in [5.74, 6) is -1.10. The highest BCUT2D eigenvalue weighted by atomic mass is 16.7. The van der Waals surface area contributed by atoms with Gasteiger partial charge in [-0.1, -0.05) is 25.2 Å². The molecule has 220 valence electrons. The minimum atomic E-state index is -1.18. The topological polar surface area (TPSA) is 149 Å². The summed E-state index contributed by atoms with van der Waals surface area (Å²) >= 11 is 0. The number of hydrogen-bond donors (Lipinski definition) is 2. The molecule has 0 aromatic carbocycles. The molecule has 0 aromatic heterocycles. The summed E-state index contributed by atoms with van der Waals surface area (Å²) < 4.78 is 42.6. The first-order valence-electron chi connectivity index (χ1n) is 14.3. The molecule has 2 spiro atoms. The van der Waals surface area contributed by atoms with E-state index in [1.807, 2.05) is 0 Å². The Morgan fingerprint density at radius 3 is 2.52 bits per heavy atom. The predicted molar refractivity (Wildman–Crippen MR) is 135 cm³/mol. The first-order valence-corrected chi connectivity index (χ1v) is 14.3. The fourth-order valence-corrected chi connectivity index (χ4v) is 8.09. The lowest BCUT2D eigenvalue weighted by Crippen LogP contribution is -2.69. The number of carbonyl (C=O) groups is 2. The van der Waals surface area contributed by atoms with Crippen molar-refractivity contribution < 1.29 is 53.0 Å². The second-order valence-corrected chi connectivity index (χ2v) is 13.2. The molecule has 2 bridgehead atoms. The van der Waals surface area contributed by atoms with E-state index in [9.17, 15) is 19.8 Å². The van der Waals surface area contributed by atoms with Crippen LogP contribution in [0.3, 0.4) is 0 Å². The van der Waals surface area contributed by atoms with Crippen molar-refractivity contribution in [1.82, 2.24) is 0 Å². The van der Waals surface area contributed by atoms with Crippen molar-refractivity contribution in [2.24, 2.45) is 10.8 Å². The van der Waals surface area contributed by atoms with Crippen LogP contribution in [0.25, 0.3) is 0 Å². The zero-order chi connectivity index (χ0) is 28.3. The van der Waals surface area contributed by atoms with Crippen molar-refractivity contribution in [3.63, 3.8) is 0 Å². The molecule has 2 N–H and O–H groups in total. The monoisotopic (exact) mass is 562 g/mol. The smallest absolute Gasteiger partial charge is 0.338 e. The van der Waals surface area contributed by atoms with E-state index in [4.69, 9.17) is 33.2 Å². The number of esters is 2. The van der Waals surface area contributed by atoms with Gasteiger partial charge in [-0.25, -0.2) is 9.59 Å². The lowest BCUT2D eigenvalue weighted by atomic mass is 9.50. The molecule has 0 radical (unpaired) electrons. The number of hydrogen-bond acceptors (Lipinski definition) is 11. The van der Waals surface area contributed by atoms with Crippen LogP contribution in [0.15, 0.2) is 24.3 Å². The summed E-state index contributed by atoms with van der Waals surface area (Å²) in [5.41, 5.74) is -3.54. The molecule has 13 atom stereocenters. The number of aliphatic hydroxyl groups excluding tert-OH is 2. The zero-order valence-corrected chi connectivity index (χ0v) is 23.2. The van der Waals surface area contributed by atoms with Gasteiger partial charge in [0.25, 0.3) is 0 Å². The van der Waals surface area contributed by atoms with Gasteiger partial charge in [0.2, 0.25) is 0 Å². The van der Waals surface area contributed by atoms with Gasteiger partial charge in [0.15, 0.2) is 6.10 Å². The van der Waals surface area contributed by atoms with Gasteiger partial charge in [-0.15, -0.1) is 0 Å². The summed E-state index contributed by atoms with van der Waals surface area (Å²) in [6, 6.07) is 0. The van der Waals surface area contributed by atoms with Gasteiger partial charge in [-0.3, -0.25) is 0 Å². The highest BCUT2D eigenvalue weighted by molar-refractivity contribution is 5.82. The third-order valence-corrected chi connectivity index (χ3v) is 11.1. The number of carbonyl (C=O) groups excluding carboxylic acids is 2. The first-order chi connectivity index (χ1) is 18.9. The maximum absolute atomic E-state index is 13.4. The average Bonchev–Trinajstić information content (AvgIpc) is 3.81. The molecule has 5 aliphatic heterocycles. The molecule has 0 amide bonds. The minimum absolute atomic E-state index is 0.0139. The molecule has 11 nitrogen and oxygen atoms in total. The van der Waals surface area contributed by atoms with Crippen molar-refractivity contribution in [1.29, 1.82) is 0 Å². The lowest BCUT2D eigenvalue weighted by Gasteiger charge is -2.58. The van der Waals surface area contributed by atoms with Crippen molar-refractivity contribution >= 4 is 11.9 Å². The maximum Gasteiger partial charge on any atom is 0.338 e. The summed E-state index contributed by atoms with van der Waals surface area (Å²) in [6.07, 6.45) is 2.83. The van der Waals surface area contributed by atoms with Crippen LogP contribution in [0, 0.1) is 10.8 Å². The highest BCUT2D eigenvalue weighted by Gasteiger charge is 2.86. The van der Waals surface area contributed by atoms with Crippen LogP contribution in [0.1, 0.15) is 47.0 Å². The van der Waals surface area contributed by atoms with Gasteiger partial charge in [-0.2, -0.15) is 0 Å². The summed E-state index contributed by atoms with van der Waals surface area (Å²) in [6.45, 7) is 7.67. The Morgan fingerprint density at radius 1 is 1.02 bits per heavy atom. The third-order valence-electron chi connectivity index (χ3n) is 11.1. The SMILES string of the molecule is C[C@H](O)[C@H]1/C=C/C=C\C(=O)O[C@@H]2C[C@H]3O[C@@H]4[C@@H]5O[C@]5(C)CC[C@]4(COC(=O)[C@H]4O[C@]4(C)[C@H](O)CO1)[C@]2(C)[C@]31CO1. The number of aliphatic hydroxyl groups is 2. The third kappa shape index (κ3) is 3.55. The second-order valence-electron chi connectivity index (χ2n) is 13.2. The number of epoxide rings is 3. The van der Waals surface area contributed by atoms with Crippen molar-refractivity contribution in [2.45, 2.75) is 113 Å². The Bertz CT molecular complexity index is 1160. The van der Waals surface area contributed by atoms with Crippen LogP contribution >= 0.6 is 0 Å². The Hall–Kier alpha value is -1.86. The summed E-state index contributed by atoms with van der Waals surface area (Å²) in [7, 11) is 0. The molecule has 0 unspecified atom stereocenters. The molecule has 5 heterocycles. The molecule has 7 aliphatic rings. The molecule has 6 fully saturated rings. The molecule has 11 heteroatoms. The average molecular weight is 563 g/mol. The maximum atomic E-state index is 13.4. The van der Waals surface area contributed by atoms with Gasteiger partial charge >= 0.3 is 11.9 Å². The Labute approximate surface area is 232 Å². The van der Waals surface area contributed by atoms with E-state index in [0.29, 0.717) is 19.4 Å². The molecule has 7 rings (SSSR count). The van der Waals surface area contributed by atoms with E-state index < -0.39 is 64.5 Å². The van der Waals surface area contributed by atoms with E-state index in [1.165, 1.54) is 12.2 Å². The van der Waals surface area contributed by atoms with E-state index in [-0.39, 0.29) is 37.1 Å². The number of ether oxygens (including phenoxy) is 7. The van der Waals surface area contributed by atoms with Crippen LogP contribution in [0.4, 0.5) is 0 Å². The number of rotatable bonds is 1. The van der Waals surface area contributed by atoms with Crippen LogP contribution in [-0.2, 0) is 42.7 Å². The summed E-state index contributed by atoms with van der Waals surface area (Å²) in [5, 5.41) is 20.9. The number of cyclic esters (lactones) is 1. The van der Waals surface area contributed by atoms with E-state index in [1.54, 1.807) is 26.0 Å². The van der Waals surface area contributed by atoms with Crippen molar-refractivity contribution in [2.75, 3.05) is 19.8 Å². The van der Waals surface area contributed by atoms with E-state index in [0.717, 1.165) is 6.42 Å². The van der Waals surface area contributed by atoms with Crippen LogP contribution < -0.4 is 0 Å². The fraction of sp³-hybridized carbons (Fsp3) is 0.793. The van der Waals surface area contributed by atoms with Crippen molar-refractivity contribution in [3.05, 3.63) is 24.3 Å². The summed E-state index contributed by atoms with van der Waals surface area (Å²) in [4.78, 5) is 26.4. The fourth-order valence-electron chi connectivity index (χ4n) is 8.09. The Morgan fingerprint density at radius 2 is 1.80 bits per heavy atom. The second kappa shape index (κ2) is 8.59. The molecule has 40 heavy (non-hydrogen) atoms. The van der Waals surface area contributed by atoms with Gasteiger partial charge in [0.05, 0.1) is 42.5 Å².